The van der Waals surface area contributed by atoms with Crippen LogP contribution in [0.3, 0.4) is 0 Å². The molecule has 0 aromatic rings. The van der Waals surface area contributed by atoms with E-state index in [2.05, 4.69) is 6.92 Å². The van der Waals surface area contributed by atoms with Gasteiger partial charge >= 0.3 is 0 Å². The second-order valence-electron chi connectivity index (χ2n) is 6.84. The Bertz CT molecular complexity index is 212. The molecule has 0 aliphatic rings. The smallest absolute Gasteiger partial charge is 0.0576 e. The highest BCUT2D eigenvalue weighted by atomic mass is 16.3. The molecule has 3 nitrogen and oxygen atoms in total. The van der Waals surface area contributed by atoms with Crippen molar-refractivity contribution in [3.8, 4) is 0 Å². The van der Waals surface area contributed by atoms with Crippen LogP contribution >= 0.6 is 0 Å². The fourth-order valence-corrected chi connectivity index (χ4v) is 2.98. The second kappa shape index (κ2) is 17.2. The summed E-state index contributed by atoms with van der Waals surface area (Å²) in [6.45, 7) is 2.32. The van der Waals surface area contributed by atoms with Gasteiger partial charge in [-0.2, -0.15) is 0 Å². The topological polar surface area (TPSA) is 66.5 Å². The summed E-state index contributed by atoms with van der Waals surface area (Å²) in [5, 5.41) is 18.3. The number of hydrogen-bond donors (Lipinski definition) is 3. The number of unbranched alkanes of at least 4 members (excludes halogenated alkanes) is 11. The van der Waals surface area contributed by atoms with Crippen molar-refractivity contribution >= 4 is 0 Å². The minimum absolute atomic E-state index is 0.0481. The van der Waals surface area contributed by atoms with Crippen LogP contribution in [-0.4, -0.2) is 29.0 Å². The molecule has 0 heterocycles. The van der Waals surface area contributed by atoms with Crippen LogP contribution in [0.25, 0.3) is 0 Å². The maximum absolute atomic E-state index is 9.57. The average Bonchev–Trinajstić information content (AvgIpc) is 2.48. The third-order valence-corrected chi connectivity index (χ3v) is 4.47. The molecule has 0 amide bonds. The van der Waals surface area contributed by atoms with Gasteiger partial charge in [0.1, 0.15) is 0 Å². The molecule has 22 heavy (non-hydrogen) atoms. The van der Waals surface area contributed by atoms with Gasteiger partial charge in [0.25, 0.3) is 0 Å². The first-order valence-electron chi connectivity index (χ1n) is 9.75. The maximum atomic E-state index is 9.57. The van der Waals surface area contributed by atoms with Crippen molar-refractivity contribution in [1.82, 2.24) is 0 Å². The van der Waals surface area contributed by atoms with E-state index in [9.17, 15) is 5.11 Å². The third-order valence-electron chi connectivity index (χ3n) is 4.47. The van der Waals surface area contributed by atoms with Gasteiger partial charge in [-0.1, -0.05) is 84.0 Å². The number of hydrogen-bond acceptors (Lipinski definition) is 3. The van der Waals surface area contributed by atoms with E-state index in [0.717, 1.165) is 6.42 Å². The van der Waals surface area contributed by atoms with Crippen molar-refractivity contribution in [2.45, 2.75) is 115 Å². The van der Waals surface area contributed by atoms with Gasteiger partial charge in [0.15, 0.2) is 0 Å². The Morgan fingerprint density at radius 2 is 1.18 bits per heavy atom. The summed E-state index contributed by atoms with van der Waals surface area (Å²) in [5.74, 6) is 0. The normalized spacial score (nSPS) is 14.2. The van der Waals surface area contributed by atoms with Crippen LogP contribution in [0.1, 0.15) is 103 Å². The lowest BCUT2D eigenvalue weighted by atomic mass is 10.0. The Hall–Kier alpha value is -0.120. The Kier molecular flexibility index (Phi) is 17.1. The largest absolute Gasteiger partial charge is 0.396 e. The summed E-state index contributed by atoms with van der Waals surface area (Å²) in [4.78, 5) is 0. The number of nitrogens with two attached hydrogens (primary N) is 1. The van der Waals surface area contributed by atoms with Gasteiger partial charge in [-0.25, -0.2) is 0 Å². The quantitative estimate of drug-likeness (QED) is 0.345. The summed E-state index contributed by atoms with van der Waals surface area (Å²) in [7, 11) is 0. The highest BCUT2D eigenvalue weighted by Crippen LogP contribution is 2.13. The van der Waals surface area contributed by atoms with Gasteiger partial charge in [-0.3, -0.25) is 0 Å². The van der Waals surface area contributed by atoms with Crippen molar-refractivity contribution in [3.63, 3.8) is 0 Å². The molecule has 0 aromatic carbocycles. The van der Waals surface area contributed by atoms with Crippen molar-refractivity contribution in [2.24, 2.45) is 5.73 Å². The molecule has 134 valence electrons. The lowest BCUT2D eigenvalue weighted by Crippen LogP contribution is -2.26. The molecule has 0 spiro atoms. The summed E-state index contributed by atoms with van der Waals surface area (Å²) in [6.07, 6.45) is 18.0. The minimum atomic E-state index is -0.433. The molecule has 0 saturated carbocycles. The van der Waals surface area contributed by atoms with Crippen molar-refractivity contribution < 1.29 is 10.2 Å². The molecule has 2 atom stereocenters. The van der Waals surface area contributed by atoms with Crippen LogP contribution in [0.5, 0.6) is 0 Å². The number of rotatable bonds is 17. The minimum Gasteiger partial charge on any atom is -0.396 e. The van der Waals surface area contributed by atoms with Crippen LogP contribution in [0.2, 0.25) is 0 Å². The first-order chi connectivity index (χ1) is 10.7. The maximum Gasteiger partial charge on any atom is 0.0576 e. The van der Waals surface area contributed by atoms with Gasteiger partial charge in [-0.05, 0) is 19.3 Å². The molecular weight excluding hydrogens is 274 g/mol. The molecule has 4 N–H and O–H groups in total. The van der Waals surface area contributed by atoms with Gasteiger partial charge in [0.2, 0.25) is 0 Å². The molecule has 3 heteroatoms. The molecule has 0 aliphatic carbocycles. The van der Waals surface area contributed by atoms with Gasteiger partial charge in [-0.15, -0.1) is 0 Å². The fraction of sp³-hybridized carbons (Fsp3) is 1.00. The standard InChI is InChI=1S/C19H41NO2/c1-2-3-4-5-6-7-8-9-10-11-12-13-14-18(20)17-19(22)15-16-21/h18-19,21-22H,2-17,20H2,1H3. The van der Waals surface area contributed by atoms with E-state index in [0.29, 0.717) is 12.8 Å². The van der Waals surface area contributed by atoms with E-state index >= 15 is 0 Å². The molecule has 0 saturated heterocycles. The Balaban J connectivity index is 3.16. The van der Waals surface area contributed by atoms with Crippen LogP contribution in [0.4, 0.5) is 0 Å². The predicted molar refractivity (Wildman–Crippen MR) is 96.0 cm³/mol. The molecule has 0 rings (SSSR count). The number of aliphatic hydroxyl groups is 2. The molecule has 0 fully saturated rings. The first kappa shape index (κ1) is 21.9. The molecule has 0 aliphatic heterocycles. The predicted octanol–water partition coefficient (Wildman–Crippen LogP) is 4.54. The summed E-state index contributed by atoms with van der Waals surface area (Å²) < 4.78 is 0. The molecular formula is C19H41NO2. The first-order valence-corrected chi connectivity index (χ1v) is 9.75. The average molecular weight is 316 g/mol. The van der Waals surface area contributed by atoms with Crippen LogP contribution in [-0.2, 0) is 0 Å². The Morgan fingerprint density at radius 3 is 1.64 bits per heavy atom. The van der Waals surface area contributed by atoms with Gasteiger partial charge in [0, 0.05) is 12.6 Å². The third kappa shape index (κ3) is 16.3. The van der Waals surface area contributed by atoms with E-state index in [1.807, 2.05) is 0 Å². The monoisotopic (exact) mass is 315 g/mol. The molecule has 2 unspecified atom stereocenters. The zero-order valence-electron chi connectivity index (χ0n) is 14.9. The highest BCUT2D eigenvalue weighted by molar-refractivity contribution is 4.67. The second-order valence-corrected chi connectivity index (χ2v) is 6.84. The fourth-order valence-electron chi connectivity index (χ4n) is 2.98. The van der Waals surface area contributed by atoms with E-state index in [1.165, 1.54) is 77.0 Å². The van der Waals surface area contributed by atoms with Crippen molar-refractivity contribution in [2.75, 3.05) is 6.61 Å². The van der Waals surface area contributed by atoms with Crippen LogP contribution in [0, 0.1) is 0 Å². The summed E-state index contributed by atoms with van der Waals surface area (Å²) in [6, 6.07) is 0.0877. The van der Waals surface area contributed by atoms with E-state index < -0.39 is 6.10 Å². The van der Waals surface area contributed by atoms with E-state index in [1.54, 1.807) is 0 Å². The van der Waals surface area contributed by atoms with Gasteiger partial charge < -0.3 is 15.9 Å². The number of aliphatic hydroxyl groups excluding tert-OH is 2. The zero-order valence-corrected chi connectivity index (χ0v) is 14.9. The molecule has 0 radical (unpaired) electrons. The summed E-state index contributed by atoms with van der Waals surface area (Å²) >= 11 is 0. The lowest BCUT2D eigenvalue weighted by molar-refractivity contribution is 0.117. The highest BCUT2D eigenvalue weighted by Gasteiger charge is 2.09. The SMILES string of the molecule is CCCCCCCCCCCCCCC(N)CC(O)CCO. The molecule has 0 bridgehead atoms. The van der Waals surface area contributed by atoms with Crippen LogP contribution < -0.4 is 5.73 Å². The summed E-state index contributed by atoms with van der Waals surface area (Å²) in [5.41, 5.74) is 5.99. The van der Waals surface area contributed by atoms with Crippen LogP contribution in [0.15, 0.2) is 0 Å². The lowest BCUT2D eigenvalue weighted by Gasteiger charge is -2.15. The van der Waals surface area contributed by atoms with Gasteiger partial charge in [0.05, 0.1) is 6.10 Å². The van der Waals surface area contributed by atoms with Crippen molar-refractivity contribution in [3.05, 3.63) is 0 Å². The van der Waals surface area contributed by atoms with E-state index in [4.69, 9.17) is 10.8 Å². The molecule has 0 aromatic heterocycles. The van der Waals surface area contributed by atoms with Crippen molar-refractivity contribution in [1.29, 1.82) is 0 Å². The van der Waals surface area contributed by atoms with E-state index in [-0.39, 0.29) is 12.6 Å². The zero-order chi connectivity index (χ0) is 16.5. The Labute approximate surface area is 138 Å². The Morgan fingerprint density at radius 1 is 0.727 bits per heavy atom.